The van der Waals surface area contributed by atoms with Gasteiger partial charge in [0.1, 0.15) is 0 Å². The summed E-state index contributed by atoms with van der Waals surface area (Å²) in [6, 6.07) is 0.376. The lowest BCUT2D eigenvalue weighted by atomic mass is 9.77. The number of aromatic nitrogens is 2. The lowest BCUT2D eigenvalue weighted by Gasteiger charge is -2.31. The average molecular weight is 220 g/mol. The number of hydrogen-bond acceptors (Lipinski definition) is 3. The van der Waals surface area contributed by atoms with Crippen molar-refractivity contribution in [2.75, 3.05) is 0 Å². The molecule has 0 aromatic carbocycles. The summed E-state index contributed by atoms with van der Waals surface area (Å²) in [5.41, 5.74) is 5.83. The van der Waals surface area contributed by atoms with E-state index in [-0.39, 0.29) is 5.41 Å². The third-order valence-corrected chi connectivity index (χ3v) is 3.63. The van der Waals surface area contributed by atoms with Crippen LogP contribution in [0.5, 0.6) is 0 Å². The second-order valence-corrected chi connectivity index (χ2v) is 4.91. The highest BCUT2D eigenvalue weighted by Crippen LogP contribution is 2.31. The molecular weight excluding hydrogens is 200 g/mol. The van der Waals surface area contributed by atoms with Crippen LogP contribution in [0.25, 0.3) is 0 Å². The van der Waals surface area contributed by atoms with Crippen molar-refractivity contribution >= 4 is 6.21 Å². The minimum atomic E-state index is 0.0635. The van der Waals surface area contributed by atoms with Crippen molar-refractivity contribution in [3.63, 3.8) is 0 Å². The summed E-state index contributed by atoms with van der Waals surface area (Å²) in [4.78, 5) is 0. The van der Waals surface area contributed by atoms with Crippen LogP contribution in [0.3, 0.4) is 0 Å². The molecule has 2 rings (SSSR count). The molecule has 0 spiro atoms. The molecule has 16 heavy (non-hydrogen) atoms. The van der Waals surface area contributed by atoms with Crippen LogP contribution >= 0.6 is 0 Å². The molecule has 1 aromatic rings. The number of aryl methyl sites for hydroxylation is 1. The van der Waals surface area contributed by atoms with Gasteiger partial charge in [-0.1, -0.05) is 13.8 Å². The number of hydrogen-bond donors (Lipinski definition) is 1. The normalized spacial score (nSPS) is 20.1. The van der Waals surface area contributed by atoms with Gasteiger partial charge in [-0.15, -0.1) is 0 Å². The minimum Gasteiger partial charge on any atom is -0.306 e. The second kappa shape index (κ2) is 3.92. The Morgan fingerprint density at radius 1 is 1.56 bits per heavy atom. The van der Waals surface area contributed by atoms with Crippen LogP contribution < -0.4 is 5.43 Å². The van der Waals surface area contributed by atoms with Crippen LogP contribution in [0.1, 0.15) is 38.4 Å². The van der Waals surface area contributed by atoms with Crippen molar-refractivity contribution < 1.29 is 0 Å². The monoisotopic (exact) mass is 220 g/mol. The van der Waals surface area contributed by atoms with E-state index in [0.29, 0.717) is 6.04 Å². The zero-order valence-electron chi connectivity index (χ0n) is 10.5. The molecule has 0 aliphatic carbocycles. The van der Waals surface area contributed by atoms with Crippen molar-refractivity contribution in [2.24, 2.45) is 5.10 Å². The van der Waals surface area contributed by atoms with Gasteiger partial charge < -0.3 is 5.43 Å². The Hall–Kier alpha value is -1.32. The van der Waals surface area contributed by atoms with Crippen LogP contribution in [0, 0.1) is 6.92 Å². The molecule has 0 fully saturated rings. The summed E-state index contributed by atoms with van der Waals surface area (Å²) in [6.45, 7) is 9.69. The largest absolute Gasteiger partial charge is 0.306 e. The summed E-state index contributed by atoms with van der Waals surface area (Å²) < 4.78 is 2.05. The van der Waals surface area contributed by atoms with Crippen molar-refractivity contribution in [1.29, 1.82) is 0 Å². The quantitative estimate of drug-likeness (QED) is 0.844. The van der Waals surface area contributed by atoms with Gasteiger partial charge >= 0.3 is 0 Å². The van der Waals surface area contributed by atoms with Crippen molar-refractivity contribution in [1.82, 2.24) is 15.2 Å². The van der Waals surface area contributed by atoms with Gasteiger partial charge in [-0.3, -0.25) is 4.68 Å². The molecule has 0 radical (unpaired) electrons. The fourth-order valence-corrected chi connectivity index (χ4v) is 2.40. The second-order valence-electron chi connectivity index (χ2n) is 4.91. The molecule has 1 N–H and O–H groups in total. The molecule has 1 aromatic heterocycles. The van der Waals surface area contributed by atoms with Gasteiger partial charge in [0, 0.05) is 35.9 Å². The molecule has 2 heterocycles. The Bertz CT molecular complexity index is 395. The van der Waals surface area contributed by atoms with Gasteiger partial charge in [-0.05, 0) is 13.8 Å². The maximum atomic E-state index is 4.42. The minimum absolute atomic E-state index is 0.0635. The predicted octanol–water partition coefficient (Wildman–Crippen LogP) is 1.84. The molecule has 1 unspecified atom stereocenters. The summed E-state index contributed by atoms with van der Waals surface area (Å²) in [7, 11) is 0. The smallest absolute Gasteiger partial charge is 0.0582 e. The van der Waals surface area contributed by atoms with Gasteiger partial charge in [0.25, 0.3) is 0 Å². The lowest BCUT2D eigenvalue weighted by Crippen LogP contribution is -2.40. The number of hydrazone groups is 1. The van der Waals surface area contributed by atoms with Crippen LogP contribution in [-0.4, -0.2) is 22.0 Å². The highest BCUT2D eigenvalue weighted by molar-refractivity contribution is 5.60. The maximum Gasteiger partial charge on any atom is 0.0582 e. The summed E-state index contributed by atoms with van der Waals surface area (Å²) >= 11 is 0. The number of nitrogens with one attached hydrogen (secondary N) is 1. The standard InChI is InChI=1S/C12H20N4/c1-5-16-9(2)10(8-14-16)12(3,4)11-6-7-13-15-11/h7-8,11,15H,5-6H2,1-4H3. The van der Waals surface area contributed by atoms with Crippen LogP contribution in [0.4, 0.5) is 0 Å². The van der Waals surface area contributed by atoms with E-state index < -0.39 is 0 Å². The summed E-state index contributed by atoms with van der Waals surface area (Å²) in [5.74, 6) is 0. The molecule has 4 heteroatoms. The third kappa shape index (κ3) is 1.62. The molecule has 1 aliphatic heterocycles. The Kier molecular flexibility index (Phi) is 2.74. The van der Waals surface area contributed by atoms with Crippen LogP contribution in [-0.2, 0) is 12.0 Å². The van der Waals surface area contributed by atoms with Gasteiger partial charge in [0.2, 0.25) is 0 Å². The summed E-state index contributed by atoms with van der Waals surface area (Å²) in [6.07, 6.45) is 4.94. The van der Waals surface area contributed by atoms with Gasteiger partial charge in [-0.25, -0.2) is 0 Å². The van der Waals surface area contributed by atoms with Gasteiger partial charge in [0.05, 0.1) is 12.2 Å². The molecule has 0 amide bonds. The number of rotatable bonds is 3. The maximum absolute atomic E-state index is 4.42. The molecule has 0 saturated heterocycles. The summed E-state index contributed by atoms with van der Waals surface area (Å²) in [5, 5.41) is 8.53. The van der Waals surface area contributed by atoms with Crippen molar-refractivity contribution in [2.45, 2.75) is 52.1 Å². The fraction of sp³-hybridized carbons (Fsp3) is 0.667. The zero-order valence-corrected chi connectivity index (χ0v) is 10.5. The Morgan fingerprint density at radius 2 is 2.31 bits per heavy atom. The van der Waals surface area contributed by atoms with E-state index >= 15 is 0 Å². The number of nitrogens with zero attached hydrogens (tertiary/aromatic N) is 3. The predicted molar refractivity (Wildman–Crippen MR) is 65.7 cm³/mol. The Morgan fingerprint density at radius 3 is 2.81 bits per heavy atom. The highest BCUT2D eigenvalue weighted by atomic mass is 15.3. The first kappa shape index (κ1) is 11.2. The van der Waals surface area contributed by atoms with E-state index in [0.717, 1.165) is 13.0 Å². The molecule has 0 saturated carbocycles. The van der Waals surface area contributed by atoms with E-state index in [9.17, 15) is 0 Å². The van der Waals surface area contributed by atoms with Crippen LogP contribution in [0.15, 0.2) is 11.3 Å². The molecule has 1 aliphatic rings. The molecule has 1 atom stereocenters. The fourth-order valence-electron chi connectivity index (χ4n) is 2.40. The van der Waals surface area contributed by atoms with Crippen molar-refractivity contribution in [3.8, 4) is 0 Å². The first-order valence-electron chi connectivity index (χ1n) is 5.87. The topological polar surface area (TPSA) is 42.2 Å². The van der Waals surface area contributed by atoms with Crippen molar-refractivity contribution in [3.05, 3.63) is 17.5 Å². The molecule has 88 valence electrons. The SMILES string of the molecule is CCn1ncc(C(C)(C)C2CC=NN2)c1C. The first-order chi connectivity index (χ1) is 7.57. The Balaban J connectivity index is 2.31. The molecule has 0 bridgehead atoms. The Labute approximate surface area is 96.7 Å². The lowest BCUT2D eigenvalue weighted by molar-refractivity contribution is 0.369. The van der Waals surface area contributed by atoms with E-state index in [2.05, 4.69) is 43.3 Å². The van der Waals surface area contributed by atoms with E-state index in [1.54, 1.807) is 0 Å². The van der Waals surface area contributed by atoms with Crippen LogP contribution in [0.2, 0.25) is 0 Å². The van der Waals surface area contributed by atoms with E-state index in [4.69, 9.17) is 0 Å². The van der Waals surface area contributed by atoms with Gasteiger partial charge in [-0.2, -0.15) is 10.2 Å². The van der Waals surface area contributed by atoms with E-state index in [1.165, 1.54) is 11.3 Å². The van der Waals surface area contributed by atoms with Gasteiger partial charge in [0.15, 0.2) is 0 Å². The highest BCUT2D eigenvalue weighted by Gasteiger charge is 2.35. The average Bonchev–Trinajstić information content (AvgIpc) is 2.85. The van der Waals surface area contributed by atoms with E-state index in [1.807, 2.05) is 17.1 Å². The first-order valence-corrected chi connectivity index (χ1v) is 5.87. The molecular formula is C12H20N4. The zero-order chi connectivity index (χ0) is 11.8. The third-order valence-electron chi connectivity index (χ3n) is 3.63. The molecule has 4 nitrogen and oxygen atoms in total.